The number of pyridine rings is 1. The maximum absolute atomic E-state index is 11.6. The molecular weight excluding hydrogens is 314 g/mol. The summed E-state index contributed by atoms with van der Waals surface area (Å²) in [7, 11) is 1.72. The number of aromatic nitrogens is 1. The van der Waals surface area contributed by atoms with Gasteiger partial charge in [-0.05, 0) is 43.7 Å². The number of ether oxygens (including phenoxy) is 2. The van der Waals surface area contributed by atoms with E-state index in [9.17, 15) is 4.79 Å². The highest BCUT2D eigenvalue weighted by Gasteiger charge is 2.00. The van der Waals surface area contributed by atoms with E-state index in [-0.39, 0.29) is 18.8 Å². The van der Waals surface area contributed by atoms with E-state index in [1.54, 1.807) is 23.7 Å². The first-order valence-corrected chi connectivity index (χ1v) is 7.50. The van der Waals surface area contributed by atoms with Crippen molar-refractivity contribution in [2.24, 2.45) is 7.05 Å². The third kappa shape index (κ3) is 4.80. The topological polar surface area (TPSA) is 40.5 Å². The Hall–Kier alpha value is -2.38. The second-order valence-corrected chi connectivity index (χ2v) is 5.51. The van der Waals surface area contributed by atoms with Crippen LogP contribution in [-0.4, -0.2) is 17.8 Å². The summed E-state index contributed by atoms with van der Waals surface area (Å²) >= 11 is 5.89. The number of nitrogens with zero attached hydrogens (tertiary/aromatic N) is 1. The summed E-state index contributed by atoms with van der Waals surface area (Å²) in [6.07, 6.45) is 0. The predicted octanol–water partition coefficient (Wildman–Crippen LogP) is 3.12. The van der Waals surface area contributed by atoms with E-state index in [1.807, 2.05) is 26.0 Å². The Labute approximate surface area is 140 Å². The molecule has 0 saturated heterocycles. The molecule has 0 aliphatic carbocycles. The third-order valence-electron chi connectivity index (χ3n) is 3.35. The molecule has 0 amide bonds. The van der Waals surface area contributed by atoms with Crippen molar-refractivity contribution in [2.75, 3.05) is 13.2 Å². The van der Waals surface area contributed by atoms with Crippen LogP contribution in [0.3, 0.4) is 0 Å². The van der Waals surface area contributed by atoms with Crippen molar-refractivity contribution >= 4 is 11.6 Å². The molecule has 4 nitrogen and oxygen atoms in total. The molecule has 1 heterocycles. The van der Waals surface area contributed by atoms with Gasteiger partial charge in [0.1, 0.15) is 24.7 Å². The van der Waals surface area contributed by atoms with Gasteiger partial charge in [0, 0.05) is 23.8 Å². The van der Waals surface area contributed by atoms with E-state index in [1.165, 1.54) is 6.07 Å². The summed E-state index contributed by atoms with van der Waals surface area (Å²) in [5, 5.41) is 0.679. The van der Waals surface area contributed by atoms with Crippen molar-refractivity contribution in [1.29, 1.82) is 0 Å². The SMILES string of the molecule is Cc1cc(Cl)ccc1OCC#CCOc1cc(C)n(C)c(=O)c1. The van der Waals surface area contributed by atoms with Crippen LogP contribution >= 0.6 is 11.6 Å². The monoisotopic (exact) mass is 331 g/mol. The van der Waals surface area contributed by atoms with Gasteiger partial charge in [0.05, 0.1) is 0 Å². The Morgan fingerprint density at radius 2 is 1.78 bits per heavy atom. The fourth-order valence-corrected chi connectivity index (χ4v) is 2.16. The standard InChI is InChI=1S/C18H18ClNO3/c1-13-10-15(19)6-7-17(13)23-9-5-4-8-22-16-11-14(2)20(3)18(21)12-16/h6-7,10-12H,8-9H2,1-3H3. The molecule has 0 N–H and O–H groups in total. The molecule has 0 atom stereocenters. The third-order valence-corrected chi connectivity index (χ3v) is 3.58. The normalized spacial score (nSPS) is 9.91. The van der Waals surface area contributed by atoms with Crippen molar-refractivity contribution in [2.45, 2.75) is 13.8 Å². The Morgan fingerprint density at radius 1 is 1.09 bits per heavy atom. The van der Waals surface area contributed by atoms with Gasteiger partial charge < -0.3 is 14.0 Å². The first kappa shape index (κ1) is 17.0. The largest absolute Gasteiger partial charge is 0.481 e. The molecule has 2 rings (SSSR count). The summed E-state index contributed by atoms with van der Waals surface area (Å²) in [6, 6.07) is 8.68. The molecule has 0 bridgehead atoms. The van der Waals surface area contributed by atoms with E-state index < -0.39 is 0 Å². The molecule has 0 spiro atoms. The number of halogens is 1. The van der Waals surface area contributed by atoms with E-state index >= 15 is 0 Å². The number of hydrogen-bond acceptors (Lipinski definition) is 3. The van der Waals surface area contributed by atoms with Crippen molar-refractivity contribution in [3.8, 4) is 23.3 Å². The lowest BCUT2D eigenvalue weighted by Gasteiger charge is -2.07. The van der Waals surface area contributed by atoms with Crippen molar-refractivity contribution < 1.29 is 9.47 Å². The summed E-state index contributed by atoms with van der Waals surface area (Å²) in [5.41, 5.74) is 1.70. The molecule has 0 aliphatic rings. The summed E-state index contributed by atoms with van der Waals surface area (Å²) < 4.78 is 12.6. The van der Waals surface area contributed by atoms with Crippen LogP contribution in [0.1, 0.15) is 11.3 Å². The Kier molecular flexibility index (Phi) is 5.72. The van der Waals surface area contributed by atoms with Gasteiger partial charge in [-0.15, -0.1) is 0 Å². The Morgan fingerprint density at radius 3 is 2.43 bits per heavy atom. The lowest BCUT2D eigenvalue weighted by molar-refractivity contribution is 0.360. The number of aryl methyl sites for hydroxylation is 2. The zero-order chi connectivity index (χ0) is 16.8. The Balaban J connectivity index is 1.84. The first-order valence-electron chi connectivity index (χ1n) is 7.12. The van der Waals surface area contributed by atoms with Crippen LogP contribution in [0.4, 0.5) is 0 Å². The van der Waals surface area contributed by atoms with E-state index in [0.29, 0.717) is 10.8 Å². The van der Waals surface area contributed by atoms with Crippen LogP contribution in [0.15, 0.2) is 35.1 Å². The molecule has 2 aromatic rings. The van der Waals surface area contributed by atoms with Crippen molar-refractivity contribution in [1.82, 2.24) is 4.57 Å². The predicted molar refractivity (Wildman–Crippen MR) is 91.4 cm³/mol. The van der Waals surface area contributed by atoms with Crippen LogP contribution in [0, 0.1) is 25.7 Å². The van der Waals surface area contributed by atoms with Gasteiger partial charge in [-0.1, -0.05) is 23.4 Å². The molecule has 5 heteroatoms. The van der Waals surface area contributed by atoms with Gasteiger partial charge in [0.25, 0.3) is 5.56 Å². The second kappa shape index (κ2) is 7.75. The molecular formula is C18H18ClNO3. The van der Waals surface area contributed by atoms with Crippen LogP contribution < -0.4 is 15.0 Å². The van der Waals surface area contributed by atoms with Gasteiger partial charge in [0.2, 0.25) is 0 Å². The average Bonchev–Trinajstić information content (AvgIpc) is 2.50. The van der Waals surface area contributed by atoms with Gasteiger partial charge in [0.15, 0.2) is 0 Å². The van der Waals surface area contributed by atoms with E-state index in [2.05, 4.69) is 11.8 Å². The maximum Gasteiger partial charge on any atom is 0.254 e. The van der Waals surface area contributed by atoms with E-state index in [4.69, 9.17) is 21.1 Å². The number of benzene rings is 1. The maximum atomic E-state index is 11.6. The van der Waals surface area contributed by atoms with Gasteiger partial charge in [-0.25, -0.2) is 0 Å². The molecule has 0 aliphatic heterocycles. The van der Waals surface area contributed by atoms with Gasteiger partial charge in [-0.2, -0.15) is 0 Å². The fraction of sp³-hybridized carbons (Fsp3) is 0.278. The molecule has 0 radical (unpaired) electrons. The highest BCUT2D eigenvalue weighted by Crippen LogP contribution is 2.21. The Bertz CT molecular complexity index is 815. The lowest BCUT2D eigenvalue weighted by Crippen LogP contribution is -2.18. The number of rotatable bonds is 4. The molecule has 0 saturated carbocycles. The average molecular weight is 332 g/mol. The fourth-order valence-electron chi connectivity index (χ4n) is 1.93. The minimum atomic E-state index is -0.102. The molecule has 0 unspecified atom stereocenters. The van der Waals surface area contributed by atoms with Crippen molar-refractivity contribution in [3.05, 3.63) is 57.0 Å². The summed E-state index contributed by atoms with van der Waals surface area (Å²) in [4.78, 5) is 11.6. The van der Waals surface area contributed by atoms with Crippen LogP contribution in [0.5, 0.6) is 11.5 Å². The highest BCUT2D eigenvalue weighted by atomic mass is 35.5. The molecule has 0 fully saturated rings. The summed E-state index contributed by atoms with van der Waals surface area (Å²) in [5.74, 6) is 7.01. The lowest BCUT2D eigenvalue weighted by atomic mass is 10.2. The molecule has 1 aromatic carbocycles. The summed E-state index contributed by atoms with van der Waals surface area (Å²) in [6.45, 7) is 4.25. The van der Waals surface area contributed by atoms with Gasteiger partial charge >= 0.3 is 0 Å². The minimum Gasteiger partial charge on any atom is -0.481 e. The van der Waals surface area contributed by atoms with Gasteiger partial charge in [-0.3, -0.25) is 4.79 Å². The molecule has 1 aromatic heterocycles. The van der Waals surface area contributed by atoms with E-state index in [0.717, 1.165) is 17.0 Å². The first-order chi connectivity index (χ1) is 11.0. The second-order valence-electron chi connectivity index (χ2n) is 5.07. The highest BCUT2D eigenvalue weighted by molar-refractivity contribution is 6.30. The minimum absolute atomic E-state index is 0.102. The van der Waals surface area contributed by atoms with Crippen molar-refractivity contribution in [3.63, 3.8) is 0 Å². The smallest absolute Gasteiger partial charge is 0.254 e. The molecule has 23 heavy (non-hydrogen) atoms. The molecule has 120 valence electrons. The van der Waals surface area contributed by atoms with Crippen LogP contribution in [0.25, 0.3) is 0 Å². The van der Waals surface area contributed by atoms with Crippen LogP contribution in [-0.2, 0) is 7.05 Å². The zero-order valence-electron chi connectivity index (χ0n) is 13.4. The number of hydrogen-bond donors (Lipinski definition) is 0. The van der Waals surface area contributed by atoms with Crippen LogP contribution in [0.2, 0.25) is 5.02 Å². The zero-order valence-corrected chi connectivity index (χ0v) is 14.1. The quantitative estimate of drug-likeness (QED) is 0.808.